The van der Waals surface area contributed by atoms with Gasteiger partial charge in [-0.3, -0.25) is 4.79 Å². The Kier molecular flexibility index (Phi) is 5.98. The maximum absolute atomic E-state index is 12.4. The fourth-order valence-electron chi connectivity index (χ4n) is 3.64. The molecule has 0 aliphatic rings. The van der Waals surface area contributed by atoms with E-state index in [4.69, 9.17) is 5.73 Å². The third-order valence-electron chi connectivity index (χ3n) is 5.15. The molecule has 2 heterocycles. The second-order valence-electron chi connectivity index (χ2n) is 7.93. The third kappa shape index (κ3) is 4.37. The average molecular weight is 427 g/mol. The van der Waals surface area contributed by atoms with Crippen molar-refractivity contribution in [2.75, 3.05) is 17.7 Å². The summed E-state index contributed by atoms with van der Waals surface area (Å²) in [5.74, 6) is 0.835. The van der Waals surface area contributed by atoms with E-state index in [9.17, 15) is 4.79 Å². The van der Waals surface area contributed by atoms with Crippen molar-refractivity contribution >= 4 is 11.8 Å². The molecule has 0 saturated carbocycles. The van der Waals surface area contributed by atoms with Crippen LogP contribution in [0.1, 0.15) is 25.5 Å². The quantitative estimate of drug-likeness (QED) is 0.498. The molecule has 4 rings (SSSR count). The largest absolute Gasteiger partial charge is 0.368 e. The lowest BCUT2D eigenvalue weighted by molar-refractivity contribution is 0.505. The first-order valence-electron chi connectivity index (χ1n) is 10.5. The summed E-state index contributed by atoms with van der Waals surface area (Å²) >= 11 is 0. The summed E-state index contributed by atoms with van der Waals surface area (Å²) in [6.07, 6.45) is 0. The monoisotopic (exact) mass is 426 g/mol. The first kappa shape index (κ1) is 21.2. The summed E-state index contributed by atoms with van der Waals surface area (Å²) in [6.45, 7) is 4.48. The maximum atomic E-state index is 12.4. The van der Waals surface area contributed by atoms with Crippen molar-refractivity contribution in [3.05, 3.63) is 88.7 Å². The number of rotatable bonds is 6. The number of nitrogens with zero attached hydrogens (tertiary/aromatic N) is 5. The van der Waals surface area contributed by atoms with Crippen LogP contribution in [-0.4, -0.2) is 26.8 Å². The van der Waals surface area contributed by atoms with Crippen LogP contribution in [0.5, 0.6) is 0 Å². The Hall–Kier alpha value is -4.00. The van der Waals surface area contributed by atoms with E-state index in [1.54, 1.807) is 6.07 Å². The maximum Gasteiger partial charge on any atom is 0.267 e. The topological polar surface area (TPSA) is 89.9 Å². The Balaban J connectivity index is 1.95. The van der Waals surface area contributed by atoms with E-state index < -0.39 is 0 Å². The average Bonchev–Trinajstić information content (AvgIpc) is 2.80. The first-order valence-corrected chi connectivity index (χ1v) is 10.5. The van der Waals surface area contributed by atoms with Gasteiger partial charge in [0.25, 0.3) is 5.56 Å². The van der Waals surface area contributed by atoms with E-state index >= 15 is 0 Å². The summed E-state index contributed by atoms with van der Waals surface area (Å²) < 4.78 is 1.47. The molecule has 0 radical (unpaired) electrons. The summed E-state index contributed by atoms with van der Waals surface area (Å²) in [7, 11) is 1.96. The zero-order valence-electron chi connectivity index (χ0n) is 18.4. The van der Waals surface area contributed by atoms with E-state index in [2.05, 4.69) is 27.2 Å². The van der Waals surface area contributed by atoms with Gasteiger partial charge >= 0.3 is 0 Å². The molecule has 0 aliphatic carbocycles. The van der Waals surface area contributed by atoms with E-state index in [0.29, 0.717) is 23.8 Å². The van der Waals surface area contributed by atoms with Crippen LogP contribution in [-0.2, 0) is 6.54 Å². The standard InChI is InChI=1S/C25H26N6O/c1-17(2)31-21(32)15-14-20(29-31)22-23(19-12-8-5-9-13-19)27-25(26)28-24(22)30(3)16-18-10-6-4-7-11-18/h4-15,17H,16H2,1-3H3,(H2,26,27,28). The van der Waals surface area contributed by atoms with Gasteiger partial charge in [0, 0.05) is 25.2 Å². The molecule has 0 fully saturated rings. The Bertz CT molecular complexity index is 1270. The zero-order chi connectivity index (χ0) is 22.7. The van der Waals surface area contributed by atoms with Crippen LogP contribution in [0.25, 0.3) is 22.5 Å². The number of hydrogen-bond acceptors (Lipinski definition) is 6. The summed E-state index contributed by atoms with van der Waals surface area (Å²) in [5, 5.41) is 4.66. The third-order valence-corrected chi connectivity index (χ3v) is 5.15. The van der Waals surface area contributed by atoms with Crippen LogP contribution >= 0.6 is 0 Å². The van der Waals surface area contributed by atoms with Gasteiger partial charge in [0.1, 0.15) is 5.82 Å². The number of nitrogen functional groups attached to an aromatic ring is 1. The Labute approximate surface area is 187 Å². The van der Waals surface area contributed by atoms with Crippen LogP contribution in [0, 0.1) is 0 Å². The van der Waals surface area contributed by atoms with Crippen LogP contribution < -0.4 is 16.2 Å². The van der Waals surface area contributed by atoms with Gasteiger partial charge < -0.3 is 10.6 Å². The fraction of sp³-hybridized carbons (Fsp3) is 0.200. The van der Waals surface area contributed by atoms with Crippen molar-refractivity contribution in [2.45, 2.75) is 26.4 Å². The molecule has 2 N–H and O–H groups in total. The summed E-state index contributed by atoms with van der Waals surface area (Å²) in [5.41, 5.74) is 10.1. The van der Waals surface area contributed by atoms with Gasteiger partial charge in [-0.05, 0) is 25.5 Å². The smallest absolute Gasteiger partial charge is 0.267 e. The highest BCUT2D eigenvalue weighted by atomic mass is 16.1. The molecule has 7 nitrogen and oxygen atoms in total. The van der Waals surface area contributed by atoms with E-state index in [1.807, 2.05) is 74.3 Å². The normalized spacial score (nSPS) is 11.0. The highest BCUT2D eigenvalue weighted by Crippen LogP contribution is 2.37. The van der Waals surface area contributed by atoms with Crippen molar-refractivity contribution in [1.29, 1.82) is 0 Å². The number of nitrogens with two attached hydrogens (primary N) is 1. The molecule has 0 amide bonds. The number of aromatic nitrogens is 4. The number of benzene rings is 2. The van der Waals surface area contributed by atoms with Crippen molar-refractivity contribution in [2.24, 2.45) is 0 Å². The molecule has 32 heavy (non-hydrogen) atoms. The zero-order valence-corrected chi connectivity index (χ0v) is 18.4. The SMILES string of the molecule is CC(C)n1nc(-c2c(-c3ccccc3)nc(N)nc2N(C)Cc2ccccc2)ccc1=O. The van der Waals surface area contributed by atoms with E-state index in [-0.39, 0.29) is 17.5 Å². The lowest BCUT2D eigenvalue weighted by Gasteiger charge is -2.23. The highest BCUT2D eigenvalue weighted by molar-refractivity contribution is 5.87. The van der Waals surface area contributed by atoms with Crippen molar-refractivity contribution in [1.82, 2.24) is 19.7 Å². The Morgan fingerprint density at radius 2 is 1.59 bits per heavy atom. The Morgan fingerprint density at radius 1 is 0.938 bits per heavy atom. The van der Waals surface area contributed by atoms with E-state index in [0.717, 1.165) is 16.7 Å². The van der Waals surface area contributed by atoms with Crippen LogP contribution in [0.2, 0.25) is 0 Å². The van der Waals surface area contributed by atoms with Gasteiger partial charge in [-0.25, -0.2) is 9.67 Å². The van der Waals surface area contributed by atoms with Crippen molar-refractivity contribution in [3.63, 3.8) is 0 Å². The summed E-state index contributed by atoms with van der Waals surface area (Å²) in [4.78, 5) is 23.6. The minimum atomic E-state index is -0.152. The molecule has 0 aliphatic heterocycles. The molecule has 0 atom stereocenters. The van der Waals surface area contributed by atoms with Gasteiger partial charge in [-0.2, -0.15) is 10.1 Å². The van der Waals surface area contributed by atoms with Gasteiger partial charge in [-0.15, -0.1) is 0 Å². The molecule has 2 aromatic carbocycles. The molecule has 7 heteroatoms. The molecule has 4 aromatic rings. The molecule has 0 saturated heterocycles. The fourth-order valence-corrected chi connectivity index (χ4v) is 3.64. The molecule has 2 aromatic heterocycles. The molecule has 0 bridgehead atoms. The lowest BCUT2D eigenvalue weighted by atomic mass is 10.0. The van der Waals surface area contributed by atoms with Gasteiger partial charge in [0.05, 0.1) is 23.0 Å². The first-order chi connectivity index (χ1) is 15.4. The minimum absolute atomic E-state index is 0.0807. The van der Waals surface area contributed by atoms with E-state index in [1.165, 1.54) is 10.7 Å². The minimum Gasteiger partial charge on any atom is -0.368 e. The molecular weight excluding hydrogens is 400 g/mol. The predicted molar refractivity (Wildman–Crippen MR) is 128 cm³/mol. The predicted octanol–water partition coefficient (Wildman–Crippen LogP) is 4.17. The number of hydrogen-bond donors (Lipinski definition) is 1. The number of anilines is 2. The van der Waals surface area contributed by atoms with Crippen LogP contribution in [0.15, 0.2) is 77.6 Å². The molecular formula is C25H26N6O. The second kappa shape index (κ2) is 9.01. The Morgan fingerprint density at radius 3 is 2.25 bits per heavy atom. The van der Waals surface area contributed by atoms with Gasteiger partial charge in [0.2, 0.25) is 5.95 Å². The van der Waals surface area contributed by atoms with Gasteiger partial charge in [-0.1, -0.05) is 60.7 Å². The van der Waals surface area contributed by atoms with Crippen LogP contribution in [0.4, 0.5) is 11.8 Å². The second-order valence-corrected chi connectivity index (χ2v) is 7.93. The highest BCUT2D eigenvalue weighted by Gasteiger charge is 2.22. The molecule has 0 spiro atoms. The summed E-state index contributed by atoms with van der Waals surface area (Å²) in [6, 6.07) is 23.1. The van der Waals surface area contributed by atoms with Crippen LogP contribution in [0.3, 0.4) is 0 Å². The van der Waals surface area contributed by atoms with Crippen molar-refractivity contribution in [3.8, 4) is 22.5 Å². The lowest BCUT2D eigenvalue weighted by Crippen LogP contribution is -2.25. The van der Waals surface area contributed by atoms with Crippen molar-refractivity contribution < 1.29 is 0 Å². The molecule has 0 unspecified atom stereocenters. The molecule has 162 valence electrons. The van der Waals surface area contributed by atoms with Gasteiger partial charge in [0.15, 0.2) is 0 Å².